The standard InChI is InChI=1S/C30H34F3N3O4/c1-29(39,30(31,32)33)26-8-6-25(7-9-26)24-4-2-22(3-5-24)19-35-14-15-36(20-23-10-12-34-13-11-23)27(21-35)18-28(38)40-17-16-37/h2-13,27,37,39H,14-21H2,1H3. The third-order valence-corrected chi connectivity index (χ3v) is 7.27. The Morgan fingerprint density at radius 2 is 1.55 bits per heavy atom. The molecule has 1 aliphatic rings. The molecule has 1 saturated heterocycles. The molecule has 2 aromatic carbocycles. The molecule has 0 spiro atoms. The number of piperazine rings is 1. The largest absolute Gasteiger partial charge is 0.463 e. The van der Waals surface area contributed by atoms with Gasteiger partial charge in [-0.1, -0.05) is 48.5 Å². The van der Waals surface area contributed by atoms with E-state index in [1.807, 2.05) is 36.4 Å². The number of carbonyl (C=O) groups excluding carboxylic acids is 1. The van der Waals surface area contributed by atoms with Crippen molar-refractivity contribution in [2.45, 2.75) is 44.3 Å². The lowest BCUT2D eigenvalue weighted by Gasteiger charge is -2.41. The summed E-state index contributed by atoms with van der Waals surface area (Å²) in [6.45, 7) is 4.15. The molecule has 0 amide bonds. The Morgan fingerprint density at radius 3 is 2.15 bits per heavy atom. The van der Waals surface area contributed by atoms with Crippen LogP contribution in [-0.2, 0) is 28.2 Å². The van der Waals surface area contributed by atoms with Gasteiger partial charge >= 0.3 is 12.1 Å². The summed E-state index contributed by atoms with van der Waals surface area (Å²) in [7, 11) is 0. The van der Waals surface area contributed by atoms with Gasteiger partial charge in [0.15, 0.2) is 5.60 Å². The van der Waals surface area contributed by atoms with Crippen molar-refractivity contribution in [2.24, 2.45) is 0 Å². The van der Waals surface area contributed by atoms with Gasteiger partial charge in [0.1, 0.15) is 6.61 Å². The number of rotatable bonds is 10. The number of alkyl halides is 3. The summed E-state index contributed by atoms with van der Waals surface area (Å²) in [6.07, 6.45) is -1.04. The van der Waals surface area contributed by atoms with Gasteiger partial charge in [0.25, 0.3) is 0 Å². The average Bonchev–Trinajstić information content (AvgIpc) is 2.94. The van der Waals surface area contributed by atoms with Crippen LogP contribution in [0, 0.1) is 0 Å². The molecule has 0 radical (unpaired) electrons. The van der Waals surface area contributed by atoms with E-state index in [0.717, 1.165) is 42.3 Å². The average molecular weight is 558 g/mol. The van der Waals surface area contributed by atoms with Crippen LogP contribution in [0.2, 0.25) is 0 Å². The molecule has 40 heavy (non-hydrogen) atoms. The van der Waals surface area contributed by atoms with E-state index in [9.17, 15) is 23.1 Å². The number of aliphatic hydroxyl groups excluding tert-OH is 1. The van der Waals surface area contributed by atoms with Gasteiger partial charge in [-0.05, 0) is 46.9 Å². The number of benzene rings is 2. The molecule has 0 aliphatic carbocycles. The zero-order valence-corrected chi connectivity index (χ0v) is 22.3. The third-order valence-electron chi connectivity index (χ3n) is 7.27. The van der Waals surface area contributed by atoms with Crippen molar-refractivity contribution >= 4 is 5.97 Å². The van der Waals surface area contributed by atoms with Gasteiger partial charge in [-0.15, -0.1) is 0 Å². The molecule has 1 aromatic heterocycles. The van der Waals surface area contributed by atoms with Crippen LogP contribution in [0.4, 0.5) is 13.2 Å². The number of ether oxygens (including phenoxy) is 1. The summed E-state index contributed by atoms with van der Waals surface area (Å²) in [5.74, 6) is -0.340. The summed E-state index contributed by atoms with van der Waals surface area (Å²) in [5, 5.41) is 18.9. The second kappa shape index (κ2) is 12.9. The van der Waals surface area contributed by atoms with E-state index in [4.69, 9.17) is 9.84 Å². The number of esters is 1. The van der Waals surface area contributed by atoms with Gasteiger partial charge in [-0.2, -0.15) is 13.2 Å². The maximum atomic E-state index is 13.1. The van der Waals surface area contributed by atoms with Crippen molar-refractivity contribution in [1.82, 2.24) is 14.8 Å². The molecule has 2 unspecified atom stereocenters. The van der Waals surface area contributed by atoms with E-state index < -0.39 is 11.8 Å². The van der Waals surface area contributed by atoms with E-state index in [0.29, 0.717) is 19.6 Å². The highest BCUT2D eigenvalue weighted by atomic mass is 19.4. The van der Waals surface area contributed by atoms with Gasteiger partial charge in [0.05, 0.1) is 13.0 Å². The maximum Gasteiger partial charge on any atom is 0.421 e. The zero-order valence-electron chi connectivity index (χ0n) is 22.3. The summed E-state index contributed by atoms with van der Waals surface area (Å²) >= 11 is 0. The number of hydrogen-bond donors (Lipinski definition) is 2. The first-order valence-corrected chi connectivity index (χ1v) is 13.2. The monoisotopic (exact) mass is 557 g/mol. The smallest absolute Gasteiger partial charge is 0.421 e. The highest BCUT2D eigenvalue weighted by molar-refractivity contribution is 5.70. The van der Waals surface area contributed by atoms with Crippen LogP contribution in [0.25, 0.3) is 11.1 Å². The molecular weight excluding hydrogens is 523 g/mol. The Labute approximate surface area is 231 Å². The number of halogens is 3. The Kier molecular flexibility index (Phi) is 9.57. The van der Waals surface area contributed by atoms with Crippen molar-refractivity contribution < 1.29 is 32.9 Å². The zero-order chi connectivity index (χ0) is 28.8. The van der Waals surface area contributed by atoms with Crippen molar-refractivity contribution in [3.63, 3.8) is 0 Å². The number of nitrogens with zero attached hydrogens (tertiary/aromatic N) is 3. The molecule has 2 heterocycles. The fourth-order valence-corrected chi connectivity index (χ4v) is 4.85. The van der Waals surface area contributed by atoms with Crippen molar-refractivity contribution in [3.05, 3.63) is 89.7 Å². The fraction of sp³-hybridized carbons (Fsp3) is 0.400. The molecule has 1 fully saturated rings. The number of pyridine rings is 1. The molecule has 7 nitrogen and oxygen atoms in total. The first-order valence-electron chi connectivity index (χ1n) is 13.2. The molecule has 1 aliphatic heterocycles. The van der Waals surface area contributed by atoms with Gasteiger partial charge in [-0.25, -0.2) is 0 Å². The van der Waals surface area contributed by atoms with Crippen molar-refractivity contribution in [3.8, 4) is 11.1 Å². The molecule has 4 rings (SSSR count). The lowest BCUT2D eigenvalue weighted by molar-refractivity contribution is -0.258. The van der Waals surface area contributed by atoms with E-state index >= 15 is 0 Å². The first kappa shape index (κ1) is 29.7. The molecule has 0 saturated carbocycles. The quantitative estimate of drug-likeness (QED) is 0.363. The second-order valence-corrected chi connectivity index (χ2v) is 10.2. The Bertz CT molecular complexity index is 1240. The molecule has 0 bridgehead atoms. The molecule has 2 atom stereocenters. The minimum atomic E-state index is -4.76. The molecule has 214 valence electrons. The number of carbonyl (C=O) groups is 1. The highest BCUT2D eigenvalue weighted by Crippen LogP contribution is 2.39. The van der Waals surface area contributed by atoms with Crippen LogP contribution < -0.4 is 0 Å². The number of aromatic nitrogens is 1. The minimum Gasteiger partial charge on any atom is -0.463 e. The normalized spacial score (nSPS) is 18.3. The Morgan fingerprint density at radius 1 is 0.950 bits per heavy atom. The van der Waals surface area contributed by atoms with Crippen molar-refractivity contribution in [2.75, 3.05) is 32.8 Å². The van der Waals surface area contributed by atoms with Crippen LogP contribution in [0.1, 0.15) is 30.0 Å². The summed E-state index contributed by atoms with van der Waals surface area (Å²) in [6, 6.07) is 17.4. The second-order valence-electron chi connectivity index (χ2n) is 10.2. The summed E-state index contributed by atoms with van der Waals surface area (Å²) in [4.78, 5) is 21.0. The lowest BCUT2D eigenvalue weighted by Crippen LogP contribution is -2.53. The number of hydrogen-bond acceptors (Lipinski definition) is 7. The molecule has 3 aromatic rings. The van der Waals surface area contributed by atoms with Gasteiger partial charge < -0.3 is 14.9 Å². The molecule has 10 heteroatoms. The molecular formula is C30H34F3N3O4. The number of aliphatic hydroxyl groups is 2. The lowest BCUT2D eigenvalue weighted by atomic mass is 9.93. The predicted octanol–water partition coefficient (Wildman–Crippen LogP) is 4.13. The molecule has 2 N–H and O–H groups in total. The SMILES string of the molecule is CC(O)(c1ccc(-c2ccc(CN3CCN(Cc4ccncc4)C(CC(=O)OCCO)C3)cc2)cc1)C(F)(F)F. The Balaban J connectivity index is 1.40. The van der Waals surface area contributed by atoms with Gasteiger partial charge in [0, 0.05) is 51.2 Å². The van der Waals surface area contributed by atoms with Crippen LogP contribution in [0.15, 0.2) is 73.1 Å². The van der Waals surface area contributed by atoms with Gasteiger partial charge in [-0.3, -0.25) is 19.6 Å². The van der Waals surface area contributed by atoms with E-state index in [1.54, 1.807) is 24.5 Å². The highest BCUT2D eigenvalue weighted by Gasteiger charge is 2.51. The first-order chi connectivity index (χ1) is 19.1. The topological polar surface area (TPSA) is 86.1 Å². The van der Waals surface area contributed by atoms with Crippen molar-refractivity contribution in [1.29, 1.82) is 0 Å². The minimum absolute atomic E-state index is 0.0175. The van der Waals surface area contributed by atoms with E-state index in [-0.39, 0.29) is 37.2 Å². The maximum absolute atomic E-state index is 13.1. The van der Waals surface area contributed by atoms with Crippen LogP contribution >= 0.6 is 0 Å². The predicted molar refractivity (Wildman–Crippen MR) is 144 cm³/mol. The summed E-state index contributed by atoms with van der Waals surface area (Å²) in [5.41, 5.74) is 0.671. The Hall–Kier alpha value is -3.31. The van der Waals surface area contributed by atoms with Crippen LogP contribution in [0.5, 0.6) is 0 Å². The summed E-state index contributed by atoms with van der Waals surface area (Å²) < 4.78 is 44.6. The van der Waals surface area contributed by atoms with E-state index in [1.165, 1.54) is 12.1 Å². The van der Waals surface area contributed by atoms with Crippen LogP contribution in [0.3, 0.4) is 0 Å². The third kappa shape index (κ3) is 7.45. The van der Waals surface area contributed by atoms with Gasteiger partial charge in [0.2, 0.25) is 0 Å². The van der Waals surface area contributed by atoms with E-state index in [2.05, 4.69) is 14.8 Å². The fourth-order valence-electron chi connectivity index (χ4n) is 4.85. The van der Waals surface area contributed by atoms with Crippen LogP contribution in [-0.4, -0.2) is 76.0 Å².